The van der Waals surface area contributed by atoms with Crippen LogP contribution in [0.4, 0.5) is 11.4 Å². The topological polar surface area (TPSA) is 118 Å². The molecule has 0 amide bonds. The predicted octanol–water partition coefficient (Wildman–Crippen LogP) is 6.12. The molecule has 3 aromatic rings. The molecule has 0 aliphatic carbocycles. The van der Waals surface area contributed by atoms with E-state index in [1.54, 1.807) is 48.5 Å². The van der Waals surface area contributed by atoms with Crippen molar-refractivity contribution in [3.63, 3.8) is 0 Å². The highest BCUT2D eigenvalue weighted by Crippen LogP contribution is 2.41. The van der Waals surface area contributed by atoms with E-state index in [0.29, 0.717) is 49.8 Å². The first-order chi connectivity index (χ1) is 15.3. The van der Waals surface area contributed by atoms with Gasteiger partial charge < -0.3 is 30.4 Å². The highest BCUT2D eigenvalue weighted by atomic mass is 35.5. The zero-order valence-corrected chi connectivity index (χ0v) is 19.1. The number of carbonyl (C=O) groups is 1. The highest BCUT2D eigenvalue weighted by Gasteiger charge is 2.16. The molecule has 0 bridgehead atoms. The van der Waals surface area contributed by atoms with E-state index in [2.05, 4.69) is 4.72 Å². The Hall–Kier alpha value is -3.07. The summed E-state index contributed by atoms with van der Waals surface area (Å²) in [5.74, 6) is 0.190. The minimum atomic E-state index is -0.945. The summed E-state index contributed by atoms with van der Waals surface area (Å²) in [7, 11) is 1.47. The standard InChI is InChI=1S/C22H19Cl2N3O4S/c1-30-19-8-12(9-21(28)29)2-5-17(19)31-18-6-4-16(26)14(11-25)22(18)27-32-20-7-3-13(23)10-15(20)24/h2-8,10-11,25,27H,9,26H2,1H3,(H,28,29). The highest BCUT2D eigenvalue weighted by molar-refractivity contribution is 8.00. The third-order valence-electron chi connectivity index (χ3n) is 4.35. The van der Waals surface area contributed by atoms with E-state index in [1.807, 2.05) is 0 Å². The Morgan fingerprint density at radius 1 is 1.16 bits per heavy atom. The van der Waals surface area contributed by atoms with E-state index in [1.165, 1.54) is 19.1 Å². The van der Waals surface area contributed by atoms with Gasteiger partial charge in [0.2, 0.25) is 0 Å². The number of nitrogens with two attached hydrogens (primary N) is 1. The molecule has 0 atom stereocenters. The minimum Gasteiger partial charge on any atom is -0.493 e. The number of nitrogen functional groups attached to an aromatic ring is 1. The van der Waals surface area contributed by atoms with Crippen LogP contribution < -0.4 is 19.9 Å². The molecule has 0 saturated heterocycles. The number of benzene rings is 3. The fourth-order valence-electron chi connectivity index (χ4n) is 2.82. The summed E-state index contributed by atoms with van der Waals surface area (Å²) < 4.78 is 14.6. The molecule has 0 aliphatic heterocycles. The molecule has 166 valence electrons. The maximum atomic E-state index is 11.0. The number of halogens is 2. The lowest BCUT2D eigenvalue weighted by molar-refractivity contribution is -0.136. The van der Waals surface area contributed by atoms with E-state index in [9.17, 15) is 4.79 Å². The lowest BCUT2D eigenvalue weighted by Gasteiger charge is -2.18. The average Bonchev–Trinajstić information content (AvgIpc) is 2.75. The summed E-state index contributed by atoms with van der Waals surface area (Å²) >= 11 is 13.4. The van der Waals surface area contributed by atoms with Crippen molar-refractivity contribution in [1.29, 1.82) is 5.41 Å². The van der Waals surface area contributed by atoms with Crippen molar-refractivity contribution in [3.05, 3.63) is 69.7 Å². The molecule has 0 saturated carbocycles. The van der Waals surface area contributed by atoms with Crippen LogP contribution in [0.2, 0.25) is 10.0 Å². The van der Waals surface area contributed by atoms with Crippen LogP contribution in [0.15, 0.2) is 53.4 Å². The van der Waals surface area contributed by atoms with Gasteiger partial charge in [-0.15, -0.1) is 0 Å². The third-order valence-corrected chi connectivity index (χ3v) is 5.89. The monoisotopic (exact) mass is 491 g/mol. The van der Waals surface area contributed by atoms with Crippen molar-refractivity contribution < 1.29 is 19.4 Å². The Bertz CT molecular complexity index is 1170. The number of aliphatic carboxylic acids is 1. The van der Waals surface area contributed by atoms with Gasteiger partial charge in [-0.3, -0.25) is 4.79 Å². The maximum Gasteiger partial charge on any atom is 0.307 e. The van der Waals surface area contributed by atoms with Crippen molar-refractivity contribution >= 4 is 58.7 Å². The molecule has 0 spiro atoms. The second-order valence-electron chi connectivity index (χ2n) is 6.52. The molecule has 10 heteroatoms. The zero-order chi connectivity index (χ0) is 23.3. The van der Waals surface area contributed by atoms with E-state index < -0.39 is 5.97 Å². The first-order valence-electron chi connectivity index (χ1n) is 9.19. The van der Waals surface area contributed by atoms with E-state index in [0.717, 1.165) is 11.1 Å². The summed E-state index contributed by atoms with van der Waals surface area (Å²) in [6.45, 7) is 0. The summed E-state index contributed by atoms with van der Waals surface area (Å²) in [6.07, 6.45) is 0.990. The number of hydrogen-bond donors (Lipinski definition) is 4. The third kappa shape index (κ3) is 5.59. The van der Waals surface area contributed by atoms with Gasteiger partial charge in [0.25, 0.3) is 0 Å². The normalized spacial score (nSPS) is 10.5. The molecule has 0 unspecified atom stereocenters. The Balaban J connectivity index is 1.95. The quantitative estimate of drug-likeness (QED) is 0.161. The summed E-state index contributed by atoms with van der Waals surface area (Å²) in [6, 6.07) is 13.3. The average molecular weight is 492 g/mol. The molecular weight excluding hydrogens is 473 g/mol. The van der Waals surface area contributed by atoms with Crippen molar-refractivity contribution in [3.8, 4) is 17.2 Å². The van der Waals surface area contributed by atoms with Crippen LogP contribution in [0.1, 0.15) is 11.1 Å². The molecule has 7 nitrogen and oxygen atoms in total. The number of hydrogen-bond acceptors (Lipinski definition) is 7. The minimum absolute atomic E-state index is 0.137. The van der Waals surface area contributed by atoms with Gasteiger partial charge in [-0.1, -0.05) is 29.3 Å². The van der Waals surface area contributed by atoms with Crippen LogP contribution in [-0.2, 0) is 11.2 Å². The fraction of sp³-hybridized carbons (Fsp3) is 0.0909. The van der Waals surface area contributed by atoms with E-state index >= 15 is 0 Å². The zero-order valence-electron chi connectivity index (χ0n) is 16.8. The number of nitrogens with one attached hydrogen (secondary N) is 2. The second-order valence-corrected chi connectivity index (χ2v) is 8.21. The SMILES string of the molecule is COc1cc(CC(=O)O)ccc1Oc1ccc(N)c(C=N)c1NSc1ccc(Cl)cc1Cl. The van der Waals surface area contributed by atoms with Crippen LogP contribution in [0.5, 0.6) is 17.2 Å². The van der Waals surface area contributed by atoms with Crippen molar-refractivity contribution in [2.75, 3.05) is 17.6 Å². The summed E-state index contributed by atoms with van der Waals surface area (Å²) in [5, 5.41) is 17.8. The number of carboxylic acid groups (broad SMARTS) is 1. The van der Waals surface area contributed by atoms with Crippen LogP contribution in [-0.4, -0.2) is 24.4 Å². The Kier molecular flexibility index (Phi) is 7.74. The maximum absolute atomic E-state index is 11.0. The van der Waals surface area contributed by atoms with Gasteiger partial charge in [0.05, 0.1) is 24.2 Å². The lowest BCUT2D eigenvalue weighted by atomic mass is 10.1. The fourth-order valence-corrected chi connectivity index (χ4v) is 4.06. The first-order valence-corrected chi connectivity index (χ1v) is 10.8. The number of anilines is 2. The molecule has 3 rings (SSSR count). The molecule has 0 radical (unpaired) electrons. The van der Waals surface area contributed by atoms with Crippen LogP contribution >= 0.6 is 35.1 Å². The second kappa shape index (κ2) is 10.5. The van der Waals surface area contributed by atoms with Gasteiger partial charge in [0.1, 0.15) is 0 Å². The molecule has 3 aromatic carbocycles. The van der Waals surface area contributed by atoms with Gasteiger partial charge in [-0.05, 0) is 60.0 Å². The molecule has 32 heavy (non-hydrogen) atoms. The molecule has 0 heterocycles. The van der Waals surface area contributed by atoms with Gasteiger partial charge in [0.15, 0.2) is 17.2 Å². The van der Waals surface area contributed by atoms with Crippen molar-refractivity contribution in [2.24, 2.45) is 0 Å². The van der Waals surface area contributed by atoms with Crippen LogP contribution in [0.25, 0.3) is 0 Å². The lowest BCUT2D eigenvalue weighted by Crippen LogP contribution is -2.03. The Morgan fingerprint density at radius 2 is 1.91 bits per heavy atom. The molecule has 0 fully saturated rings. The van der Waals surface area contributed by atoms with Gasteiger partial charge in [-0.2, -0.15) is 0 Å². The predicted molar refractivity (Wildman–Crippen MR) is 129 cm³/mol. The first kappa shape index (κ1) is 23.6. The van der Waals surface area contributed by atoms with Crippen LogP contribution in [0.3, 0.4) is 0 Å². The molecule has 0 aliphatic rings. The summed E-state index contributed by atoms with van der Waals surface area (Å²) in [5.41, 5.74) is 7.92. The smallest absolute Gasteiger partial charge is 0.307 e. The van der Waals surface area contributed by atoms with E-state index in [4.69, 9.17) is 48.9 Å². The largest absolute Gasteiger partial charge is 0.493 e. The number of methoxy groups -OCH3 is 1. The van der Waals surface area contributed by atoms with Crippen molar-refractivity contribution in [1.82, 2.24) is 0 Å². The number of ether oxygens (including phenoxy) is 2. The number of carboxylic acids is 1. The Labute approximate surface area is 199 Å². The van der Waals surface area contributed by atoms with Gasteiger partial charge in [-0.25, -0.2) is 0 Å². The molecule has 5 N–H and O–H groups in total. The molecular formula is C22H19Cl2N3O4S. The van der Waals surface area contributed by atoms with Gasteiger partial charge >= 0.3 is 5.97 Å². The summed E-state index contributed by atoms with van der Waals surface area (Å²) in [4.78, 5) is 11.7. The van der Waals surface area contributed by atoms with Crippen LogP contribution in [0, 0.1) is 5.41 Å². The Morgan fingerprint density at radius 3 is 2.56 bits per heavy atom. The van der Waals surface area contributed by atoms with Crippen molar-refractivity contribution in [2.45, 2.75) is 11.3 Å². The van der Waals surface area contributed by atoms with E-state index in [-0.39, 0.29) is 6.42 Å². The van der Waals surface area contributed by atoms with Gasteiger partial charge in [0, 0.05) is 27.4 Å². The number of rotatable bonds is 9. The molecule has 0 aromatic heterocycles.